The van der Waals surface area contributed by atoms with Crippen LogP contribution in [0.2, 0.25) is 0 Å². The Balaban J connectivity index is 1.65. The van der Waals surface area contributed by atoms with Crippen LogP contribution in [-0.2, 0) is 10.0 Å². The lowest BCUT2D eigenvalue weighted by Gasteiger charge is -2.34. The molecule has 2 aromatic carbocycles. The van der Waals surface area contributed by atoms with Gasteiger partial charge >= 0.3 is 6.03 Å². The fourth-order valence-electron chi connectivity index (χ4n) is 2.68. The van der Waals surface area contributed by atoms with E-state index < -0.39 is 26.6 Å². The van der Waals surface area contributed by atoms with Gasteiger partial charge in [0.05, 0.1) is 4.90 Å². The molecule has 1 saturated heterocycles. The molecule has 0 aliphatic carbocycles. The van der Waals surface area contributed by atoms with Gasteiger partial charge in [0.15, 0.2) is 0 Å². The molecule has 0 atom stereocenters. The topological polar surface area (TPSA) is 69.7 Å². The van der Waals surface area contributed by atoms with E-state index in [0.29, 0.717) is 11.8 Å². The molecule has 1 aliphatic rings. The highest BCUT2D eigenvalue weighted by Crippen LogP contribution is 2.20. The van der Waals surface area contributed by atoms with Crippen LogP contribution in [0.3, 0.4) is 0 Å². The lowest BCUT2D eigenvalue weighted by Crippen LogP contribution is -2.51. The largest absolute Gasteiger partial charge is 0.322 e. The average molecular weight is 381 g/mol. The number of nitrogens with zero attached hydrogens (tertiary/aromatic N) is 2. The van der Waals surface area contributed by atoms with Crippen LogP contribution in [0.25, 0.3) is 0 Å². The van der Waals surface area contributed by atoms with Crippen molar-refractivity contribution < 1.29 is 22.0 Å². The van der Waals surface area contributed by atoms with Crippen molar-refractivity contribution in [3.63, 3.8) is 0 Å². The highest BCUT2D eigenvalue weighted by Gasteiger charge is 2.30. The van der Waals surface area contributed by atoms with Crippen molar-refractivity contribution >= 4 is 21.7 Å². The van der Waals surface area contributed by atoms with Crippen molar-refractivity contribution in [2.24, 2.45) is 0 Å². The van der Waals surface area contributed by atoms with Gasteiger partial charge in [-0.15, -0.1) is 0 Å². The standard InChI is InChI=1S/C17H17F2N3O3S/c18-13-10-14(19)12-16(11-13)26(24,25)22-8-6-21(7-9-22)17(23)20-15-4-2-1-3-5-15/h1-5,10-12H,6-9H2,(H,20,23). The second-order valence-corrected chi connectivity index (χ2v) is 7.73. The SMILES string of the molecule is O=C(Nc1ccccc1)N1CCN(S(=O)(=O)c2cc(F)cc(F)c2)CC1. The Morgan fingerprint density at radius 2 is 1.50 bits per heavy atom. The van der Waals surface area contributed by atoms with Gasteiger partial charge in [0.2, 0.25) is 10.0 Å². The van der Waals surface area contributed by atoms with E-state index in [-0.39, 0.29) is 32.2 Å². The summed E-state index contributed by atoms with van der Waals surface area (Å²) in [5, 5.41) is 2.73. The number of anilines is 1. The first-order valence-electron chi connectivity index (χ1n) is 7.93. The Kier molecular flexibility index (Phi) is 5.19. The first-order chi connectivity index (χ1) is 12.4. The summed E-state index contributed by atoms with van der Waals surface area (Å²) >= 11 is 0. The van der Waals surface area contributed by atoms with Gasteiger partial charge < -0.3 is 10.2 Å². The van der Waals surface area contributed by atoms with Crippen molar-refractivity contribution in [1.82, 2.24) is 9.21 Å². The number of hydrogen-bond acceptors (Lipinski definition) is 3. The number of benzene rings is 2. The number of piperazine rings is 1. The van der Waals surface area contributed by atoms with Crippen LogP contribution in [0, 0.1) is 11.6 Å². The minimum absolute atomic E-state index is 0.0443. The van der Waals surface area contributed by atoms with Gasteiger partial charge in [0.1, 0.15) is 11.6 Å². The monoisotopic (exact) mass is 381 g/mol. The average Bonchev–Trinajstić information content (AvgIpc) is 2.62. The van der Waals surface area contributed by atoms with E-state index in [0.717, 1.165) is 16.4 Å². The van der Waals surface area contributed by atoms with Crippen LogP contribution >= 0.6 is 0 Å². The zero-order valence-corrected chi connectivity index (χ0v) is 14.5. The number of sulfonamides is 1. The minimum Gasteiger partial charge on any atom is -0.322 e. The second kappa shape index (κ2) is 7.38. The maximum Gasteiger partial charge on any atom is 0.321 e. The van der Waals surface area contributed by atoms with Crippen molar-refractivity contribution in [2.45, 2.75) is 4.90 Å². The summed E-state index contributed by atoms with van der Waals surface area (Å²) in [7, 11) is -4.02. The predicted molar refractivity (Wildman–Crippen MR) is 92.2 cm³/mol. The lowest BCUT2D eigenvalue weighted by molar-refractivity contribution is 0.184. The van der Waals surface area contributed by atoms with Crippen LogP contribution in [0.4, 0.5) is 19.3 Å². The smallest absolute Gasteiger partial charge is 0.321 e. The Morgan fingerprint density at radius 1 is 0.923 bits per heavy atom. The number of urea groups is 1. The van der Waals surface area contributed by atoms with Gasteiger partial charge in [-0.1, -0.05) is 18.2 Å². The molecule has 9 heteroatoms. The molecule has 0 radical (unpaired) electrons. The van der Waals surface area contributed by atoms with Gasteiger partial charge in [-0.05, 0) is 24.3 Å². The summed E-state index contributed by atoms with van der Waals surface area (Å²) in [5.41, 5.74) is 0.641. The number of carbonyl (C=O) groups excluding carboxylic acids is 1. The quantitative estimate of drug-likeness (QED) is 0.888. The number of rotatable bonds is 3. The van der Waals surface area contributed by atoms with Crippen molar-refractivity contribution in [3.8, 4) is 0 Å². The Morgan fingerprint density at radius 3 is 2.08 bits per heavy atom. The number of amides is 2. The summed E-state index contributed by atoms with van der Waals surface area (Å²) in [6.07, 6.45) is 0. The van der Waals surface area contributed by atoms with Crippen LogP contribution in [0.5, 0.6) is 0 Å². The highest BCUT2D eigenvalue weighted by atomic mass is 32.2. The molecule has 1 N–H and O–H groups in total. The molecule has 0 bridgehead atoms. The second-order valence-electron chi connectivity index (χ2n) is 5.79. The molecule has 3 rings (SSSR count). The van der Waals surface area contributed by atoms with Gasteiger partial charge in [0, 0.05) is 37.9 Å². The van der Waals surface area contributed by atoms with Gasteiger partial charge in [0.25, 0.3) is 0 Å². The molecule has 6 nitrogen and oxygen atoms in total. The number of nitrogens with one attached hydrogen (secondary N) is 1. The molecule has 1 aliphatic heterocycles. The van der Waals surface area contributed by atoms with E-state index in [1.807, 2.05) is 6.07 Å². The fourth-order valence-corrected chi connectivity index (χ4v) is 4.15. The molecular weight excluding hydrogens is 364 g/mol. The summed E-state index contributed by atoms with van der Waals surface area (Å²) in [5.74, 6) is -1.91. The molecule has 26 heavy (non-hydrogen) atoms. The third kappa shape index (κ3) is 4.00. The molecular formula is C17H17F2N3O3S. The van der Waals surface area contributed by atoms with Gasteiger partial charge in [-0.25, -0.2) is 22.0 Å². The first-order valence-corrected chi connectivity index (χ1v) is 9.37. The lowest BCUT2D eigenvalue weighted by atomic mass is 10.3. The highest BCUT2D eigenvalue weighted by molar-refractivity contribution is 7.89. The van der Waals surface area contributed by atoms with E-state index in [1.54, 1.807) is 24.3 Å². The first kappa shape index (κ1) is 18.3. The van der Waals surface area contributed by atoms with Crippen molar-refractivity contribution in [3.05, 3.63) is 60.2 Å². The number of para-hydroxylation sites is 1. The van der Waals surface area contributed by atoms with Gasteiger partial charge in [-0.2, -0.15) is 4.31 Å². The third-order valence-electron chi connectivity index (χ3n) is 4.02. The maximum atomic E-state index is 13.3. The summed E-state index contributed by atoms with van der Waals surface area (Å²) in [4.78, 5) is 13.3. The van der Waals surface area contributed by atoms with Crippen LogP contribution in [0.1, 0.15) is 0 Å². The molecule has 0 unspecified atom stereocenters. The molecule has 2 amide bonds. The maximum absolute atomic E-state index is 13.3. The van der Waals surface area contributed by atoms with E-state index in [2.05, 4.69) is 5.32 Å². The van der Waals surface area contributed by atoms with Crippen LogP contribution < -0.4 is 5.32 Å². The minimum atomic E-state index is -4.02. The van der Waals surface area contributed by atoms with E-state index >= 15 is 0 Å². The van der Waals surface area contributed by atoms with Crippen molar-refractivity contribution in [2.75, 3.05) is 31.5 Å². The molecule has 138 valence electrons. The van der Waals surface area contributed by atoms with E-state index in [9.17, 15) is 22.0 Å². The molecule has 0 spiro atoms. The van der Waals surface area contributed by atoms with E-state index in [1.165, 1.54) is 4.90 Å². The Labute approximate surface area is 150 Å². The van der Waals surface area contributed by atoms with Gasteiger partial charge in [-0.3, -0.25) is 0 Å². The fraction of sp³-hybridized carbons (Fsp3) is 0.235. The Bertz CT molecular complexity index is 878. The predicted octanol–water partition coefficient (Wildman–Crippen LogP) is 2.50. The van der Waals surface area contributed by atoms with E-state index in [4.69, 9.17) is 0 Å². The molecule has 0 saturated carbocycles. The molecule has 1 fully saturated rings. The normalized spacial score (nSPS) is 15.7. The van der Waals surface area contributed by atoms with Crippen molar-refractivity contribution in [1.29, 1.82) is 0 Å². The van der Waals surface area contributed by atoms with Crippen LogP contribution in [-0.4, -0.2) is 49.8 Å². The zero-order valence-electron chi connectivity index (χ0n) is 13.7. The summed E-state index contributed by atoms with van der Waals surface area (Å²) in [6, 6.07) is 10.8. The number of carbonyl (C=O) groups is 1. The summed E-state index contributed by atoms with van der Waals surface area (Å²) < 4.78 is 52.8. The number of hydrogen-bond donors (Lipinski definition) is 1. The summed E-state index contributed by atoms with van der Waals surface area (Å²) in [6.45, 7) is 0.441. The third-order valence-corrected chi connectivity index (χ3v) is 5.90. The Hall–Kier alpha value is -2.52. The van der Waals surface area contributed by atoms with Crippen LogP contribution in [0.15, 0.2) is 53.4 Å². The molecule has 2 aromatic rings. The molecule has 1 heterocycles. The molecule has 0 aromatic heterocycles. The zero-order chi connectivity index (χ0) is 18.7. The number of halogens is 2.